The summed E-state index contributed by atoms with van der Waals surface area (Å²) in [6.07, 6.45) is 1.43. The topological polar surface area (TPSA) is 49.5 Å². The smallest absolute Gasteiger partial charge is 0.106 e. The third-order valence-corrected chi connectivity index (χ3v) is 3.74. The molecule has 0 saturated carbocycles. The van der Waals surface area contributed by atoms with E-state index in [4.69, 9.17) is 18.0 Å². The first kappa shape index (κ1) is 12.8. The Bertz CT molecular complexity index is 431. The number of halogens is 1. The van der Waals surface area contributed by atoms with Crippen LogP contribution in [-0.4, -0.2) is 29.3 Å². The average molecular weight is 315 g/mol. The number of thiocarbonyl (C=S) groups is 1. The van der Waals surface area contributed by atoms with E-state index in [1.54, 1.807) is 0 Å². The molecule has 1 aliphatic rings. The van der Waals surface area contributed by atoms with Gasteiger partial charge < -0.3 is 15.7 Å². The monoisotopic (exact) mass is 314 g/mol. The third kappa shape index (κ3) is 2.97. The van der Waals surface area contributed by atoms with Crippen molar-refractivity contribution in [3.63, 3.8) is 0 Å². The van der Waals surface area contributed by atoms with E-state index in [0.717, 1.165) is 41.7 Å². The van der Waals surface area contributed by atoms with Crippen molar-refractivity contribution in [3.8, 4) is 0 Å². The number of hydrogen-bond acceptors (Lipinski definition) is 3. The van der Waals surface area contributed by atoms with E-state index >= 15 is 0 Å². The molecule has 0 bridgehead atoms. The van der Waals surface area contributed by atoms with Gasteiger partial charge in [0.1, 0.15) is 4.99 Å². The summed E-state index contributed by atoms with van der Waals surface area (Å²) in [5.41, 5.74) is 7.71. The normalized spacial score (nSPS) is 17.2. The van der Waals surface area contributed by atoms with Crippen LogP contribution in [0.5, 0.6) is 0 Å². The molecule has 0 amide bonds. The Morgan fingerprint density at radius 1 is 1.41 bits per heavy atom. The highest BCUT2D eigenvalue weighted by Crippen LogP contribution is 2.27. The van der Waals surface area contributed by atoms with Crippen molar-refractivity contribution in [2.24, 2.45) is 5.73 Å². The number of nitrogens with zero attached hydrogens (tertiary/aromatic N) is 1. The van der Waals surface area contributed by atoms with Crippen LogP contribution in [0.15, 0.2) is 22.7 Å². The quantitative estimate of drug-likeness (QED) is 0.820. The van der Waals surface area contributed by atoms with Crippen molar-refractivity contribution >= 4 is 38.8 Å². The molecule has 1 saturated heterocycles. The van der Waals surface area contributed by atoms with Crippen LogP contribution >= 0.6 is 28.1 Å². The largest absolute Gasteiger partial charge is 0.393 e. The average Bonchev–Trinajstić information content (AvgIpc) is 2.30. The minimum Gasteiger partial charge on any atom is -0.393 e. The second-order valence-corrected chi connectivity index (χ2v) is 5.60. The zero-order chi connectivity index (χ0) is 12.4. The highest BCUT2D eigenvalue weighted by atomic mass is 79.9. The Labute approximate surface area is 115 Å². The fourth-order valence-corrected chi connectivity index (χ4v) is 2.61. The van der Waals surface area contributed by atoms with Gasteiger partial charge in [0.15, 0.2) is 0 Å². The lowest BCUT2D eigenvalue weighted by molar-refractivity contribution is 0.145. The number of aliphatic hydroxyl groups is 1. The molecule has 0 unspecified atom stereocenters. The molecule has 1 aromatic carbocycles. The first-order chi connectivity index (χ1) is 8.08. The molecule has 92 valence electrons. The van der Waals surface area contributed by atoms with Crippen LogP contribution < -0.4 is 10.6 Å². The lowest BCUT2D eigenvalue weighted by Gasteiger charge is -2.32. The van der Waals surface area contributed by atoms with Crippen molar-refractivity contribution in [1.82, 2.24) is 0 Å². The SMILES string of the molecule is NC(=S)c1cc(Br)ccc1N1CCC(O)CC1. The highest BCUT2D eigenvalue weighted by Gasteiger charge is 2.20. The van der Waals surface area contributed by atoms with Gasteiger partial charge in [-0.1, -0.05) is 28.1 Å². The van der Waals surface area contributed by atoms with Crippen molar-refractivity contribution in [2.45, 2.75) is 18.9 Å². The van der Waals surface area contributed by atoms with Crippen molar-refractivity contribution in [1.29, 1.82) is 0 Å². The zero-order valence-electron chi connectivity index (χ0n) is 9.40. The second kappa shape index (κ2) is 5.33. The van der Waals surface area contributed by atoms with Gasteiger partial charge in [-0.25, -0.2) is 0 Å². The number of nitrogens with two attached hydrogens (primary N) is 1. The molecule has 1 aliphatic heterocycles. The van der Waals surface area contributed by atoms with Gasteiger partial charge in [0, 0.05) is 28.8 Å². The molecule has 0 atom stereocenters. The molecule has 0 radical (unpaired) electrons. The van der Waals surface area contributed by atoms with Crippen LogP contribution in [0.4, 0.5) is 5.69 Å². The molecular formula is C12H15BrN2OS. The van der Waals surface area contributed by atoms with Crippen LogP contribution in [0, 0.1) is 0 Å². The lowest BCUT2D eigenvalue weighted by atomic mass is 10.1. The fourth-order valence-electron chi connectivity index (χ4n) is 2.09. The summed E-state index contributed by atoms with van der Waals surface area (Å²) in [6.45, 7) is 1.69. The summed E-state index contributed by atoms with van der Waals surface area (Å²) in [5, 5.41) is 9.51. The zero-order valence-corrected chi connectivity index (χ0v) is 11.8. The molecule has 1 heterocycles. The van der Waals surface area contributed by atoms with Gasteiger partial charge in [-0.05, 0) is 31.0 Å². The summed E-state index contributed by atoms with van der Waals surface area (Å²) < 4.78 is 0.973. The van der Waals surface area contributed by atoms with Crippen LogP contribution in [0.3, 0.4) is 0 Å². The first-order valence-corrected chi connectivity index (χ1v) is 6.80. The van der Waals surface area contributed by atoms with E-state index in [1.165, 1.54) is 0 Å². The number of piperidine rings is 1. The predicted octanol–water partition coefficient (Wildman–Crippen LogP) is 2.04. The van der Waals surface area contributed by atoms with E-state index in [9.17, 15) is 5.11 Å². The van der Waals surface area contributed by atoms with Gasteiger partial charge in [0.25, 0.3) is 0 Å². The number of aliphatic hydroxyl groups excluding tert-OH is 1. The summed E-state index contributed by atoms with van der Waals surface area (Å²) in [4.78, 5) is 2.64. The maximum Gasteiger partial charge on any atom is 0.106 e. The highest BCUT2D eigenvalue weighted by molar-refractivity contribution is 9.10. The van der Waals surface area contributed by atoms with E-state index in [2.05, 4.69) is 20.8 Å². The standard InChI is InChI=1S/C12H15BrN2OS/c13-8-1-2-11(10(7-8)12(14)17)15-5-3-9(16)4-6-15/h1-2,7,9,16H,3-6H2,(H2,14,17). The maximum absolute atomic E-state index is 9.51. The number of benzene rings is 1. The van der Waals surface area contributed by atoms with Gasteiger partial charge in [0.05, 0.1) is 6.10 Å². The molecule has 5 heteroatoms. The van der Waals surface area contributed by atoms with Crippen molar-refractivity contribution < 1.29 is 5.11 Å². The summed E-state index contributed by atoms with van der Waals surface area (Å²) in [6, 6.07) is 5.96. The van der Waals surface area contributed by atoms with Crippen molar-refractivity contribution in [2.75, 3.05) is 18.0 Å². The Hall–Kier alpha value is -0.650. The van der Waals surface area contributed by atoms with Gasteiger partial charge in [-0.15, -0.1) is 0 Å². The molecule has 17 heavy (non-hydrogen) atoms. The van der Waals surface area contributed by atoms with Crippen LogP contribution in [0.1, 0.15) is 18.4 Å². The second-order valence-electron chi connectivity index (χ2n) is 4.24. The maximum atomic E-state index is 9.51. The van der Waals surface area contributed by atoms with E-state index in [1.807, 2.05) is 18.2 Å². The molecule has 2 rings (SSSR count). The molecule has 0 aliphatic carbocycles. The van der Waals surface area contributed by atoms with Crippen LogP contribution in [-0.2, 0) is 0 Å². The summed E-state index contributed by atoms with van der Waals surface area (Å²) in [5.74, 6) is 0. The van der Waals surface area contributed by atoms with Crippen molar-refractivity contribution in [3.05, 3.63) is 28.2 Å². The number of rotatable bonds is 2. The molecule has 3 N–H and O–H groups in total. The van der Waals surface area contributed by atoms with Crippen LogP contribution in [0.25, 0.3) is 0 Å². The third-order valence-electron chi connectivity index (χ3n) is 3.03. The Balaban J connectivity index is 2.28. The number of anilines is 1. The Morgan fingerprint density at radius 3 is 2.65 bits per heavy atom. The van der Waals surface area contributed by atoms with Gasteiger partial charge in [0.2, 0.25) is 0 Å². The molecule has 1 aromatic rings. The molecular weight excluding hydrogens is 300 g/mol. The van der Waals surface area contributed by atoms with Crippen LogP contribution in [0.2, 0.25) is 0 Å². The van der Waals surface area contributed by atoms with Gasteiger partial charge in [-0.3, -0.25) is 0 Å². The predicted molar refractivity (Wildman–Crippen MR) is 77.5 cm³/mol. The Morgan fingerprint density at radius 2 is 2.06 bits per heavy atom. The Kier molecular flexibility index (Phi) is 4.01. The van der Waals surface area contributed by atoms with Gasteiger partial charge in [-0.2, -0.15) is 0 Å². The molecule has 3 nitrogen and oxygen atoms in total. The van der Waals surface area contributed by atoms with Gasteiger partial charge >= 0.3 is 0 Å². The number of hydrogen-bond donors (Lipinski definition) is 2. The molecule has 1 fully saturated rings. The minimum absolute atomic E-state index is 0.171. The van der Waals surface area contributed by atoms with E-state index in [0.29, 0.717) is 4.99 Å². The van der Waals surface area contributed by atoms with E-state index < -0.39 is 0 Å². The lowest BCUT2D eigenvalue weighted by Crippen LogP contribution is -2.36. The molecule has 0 spiro atoms. The summed E-state index contributed by atoms with van der Waals surface area (Å²) in [7, 11) is 0. The first-order valence-electron chi connectivity index (χ1n) is 5.60. The summed E-state index contributed by atoms with van der Waals surface area (Å²) >= 11 is 8.51. The van der Waals surface area contributed by atoms with E-state index in [-0.39, 0.29) is 6.10 Å². The fraction of sp³-hybridized carbons (Fsp3) is 0.417. The molecule has 0 aromatic heterocycles. The minimum atomic E-state index is -0.171.